The summed E-state index contributed by atoms with van der Waals surface area (Å²) in [4.78, 5) is 39.0. The Morgan fingerprint density at radius 3 is 2.30 bits per heavy atom. The molecule has 1 aliphatic heterocycles. The summed E-state index contributed by atoms with van der Waals surface area (Å²) in [5.41, 5.74) is 3.33. The molecule has 0 spiro atoms. The lowest BCUT2D eigenvalue weighted by molar-refractivity contribution is -0.151. The Morgan fingerprint density at radius 1 is 1.04 bits per heavy atom. The summed E-state index contributed by atoms with van der Waals surface area (Å²) in [5, 5.41) is 0. The van der Waals surface area contributed by atoms with Gasteiger partial charge in [0, 0.05) is 24.2 Å². The standard InChI is InChI=1S/C22H23NO4/c1-14-8-7-9-15(2)20(14)23-13-18(12-19(23)24)22(26)27-16(3)21(25)17-10-5-4-6-11-17/h4-11,16,18H,12-13H2,1-3H3/t16-,18-/m0/s1. The highest BCUT2D eigenvalue weighted by molar-refractivity contribution is 6.02. The summed E-state index contributed by atoms with van der Waals surface area (Å²) < 4.78 is 5.38. The molecule has 3 rings (SSSR count). The number of anilines is 1. The van der Waals surface area contributed by atoms with E-state index in [0.29, 0.717) is 5.56 Å². The van der Waals surface area contributed by atoms with Crippen LogP contribution in [-0.2, 0) is 14.3 Å². The van der Waals surface area contributed by atoms with Crippen molar-refractivity contribution in [3.63, 3.8) is 0 Å². The molecule has 1 aliphatic rings. The molecule has 0 N–H and O–H groups in total. The monoisotopic (exact) mass is 365 g/mol. The first-order valence-corrected chi connectivity index (χ1v) is 9.05. The summed E-state index contributed by atoms with van der Waals surface area (Å²) >= 11 is 0. The van der Waals surface area contributed by atoms with E-state index in [9.17, 15) is 14.4 Å². The van der Waals surface area contributed by atoms with Gasteiger partial charge in [0.25, 0.3) is 0 Å². The van der Waals surface area contributed by atoms with Gasteiger partial charge >= 0.3 is 5.97 Å². The van der Waals surface area contributed by atoms with Crippen molar-refractivity contribution in [2.45, 2.75) is 33.3 Å². The maximum Gasteiger partial charge on any atom is 0.312 e. The van der Waals surface area contributed by atoms with Gasteiger partial charge in [-0.25, -0.2) is 0 Å². The number of rotatable bonds is 5. The highest BCUT2D eigenvalue weighted by atomic mass is 16.5. The molecule has 27 heavy (non-hydrogen) atoms. The van der Waals surface area contributed by atoms with Crippen molar-refractivity contribution in [2.75, 3.05) is 11.4 Å². The number of hydrogen-bond acceptors (Lipinski definition) is 4. The molecule has 2 aromatic carbocycles. The van der Waals surface area contributed by atoms with Crippen molar-refractivity contribution in [3.8, 4) is 0 Å². The summed E-state index contributed by atoms with van der Waals surface area (Å²) in [7, 11) is 0. The van der Waals surface area contributed by atoms with Crippen molar-refractivity contribution in [3.05, 3.63) is 65.2 Å². The minimum atomic E-state index is -0.885. The topological polar surface area (TPSA) is 63.7 Å². The van der Waals surface area contributed by atoms with Crippen LogP contribution in [0.5, 0.6) is 0 Å². The summed E-state index contributed by atoms with van der Waals surface area (Å²) in [6, 6.07) is 14.6. The second-order valence-electron chi connectivity index (χ2n) is 6.96. The lowest BCUT2D eigenvalue weighted by Crippen LogP contribution is -2.31. The first-order valence-electron chi connectivity index (χ1n) is 9.05. The molecule has 2 aromatic rings. The van der Waals surface area contributed by atoms with E-state index in [4.69, 9.17) is 4.74 Å². The molecular weight excluding hydrogens is 342 g/mol. The number of carbonyl (C=O) groups is 3. The predicted octanol–water partition coefficient (Wildman–Crippen LogP) is 3.47. The first-order chi connectivity index (χ1) is 12.9. The second kappa shape index (κ2) is 7.74. The van der Waals surface area contributed by atoms with Crippen LogP contribution < -0.4 is 4.90 Å². The number of carbonyl (C=O) groups excluding carboxylic acids is 3. The van der Waals surface area contributed by atoms with Gasteiger partial charge in [0.1, 0.15) is 0 Å². The zero-order valence-electron chi connectivity index (χ0n) is 15.8. The average molecular weight is 365 g/mol. The van der Waals surface area contributed by atoms with E-state index < -0.39 is 18.0 Å². The molecule has 5 nitrogen and oxygen atoms in total. The van der Waals surface area contributed by atoms with Crippen molar-refractivity contribution in [2.24, 2.45) is 5.92 Å². The Morgan fingerprint density at radius 2 is 1.67 bits per heavy atom. The molecule has 0 aromatic heterocycles. The molecule has 0 unspecified atom stereocenters. The van der Waals surface area contributed by atoms with E-state index in [-0.39, 0.29) is 24.7 Å². The summed E-state index contributed by atoms with van der Waals surface area (Å²) in [5.74, 6) is -1.42. The van der Waals surface area contributed by atoms with E-state index in [1.165, 1.54) is 0 Å². The van der Waals surface area contributed by atoms with E-state index in [0.717, 1.165) is 16.8 Å². The van der Waals surface area contributed by atoms with Crippen molar-refractivity contribution in [1.29, 1.82) is 0 Å². The van der Waals surface area contributed by atoms with Gasteiger partial charge in [-0.1, -0.05) is 48.5 Å². The van der Waals surface area contributed by atoms with E-state index >= 15 is 0 Å². The lowest BCUT2D eigenvalue weighted by atomic mass is 10.1. The molecule has 1 fully saturated rings. The highest BCUT2D eigenvalue weighted by Gasteiger charge is 2.38. The zero-order chi connectivity index (χ0) is 19.6. The Balaban J connectivity index is 1.68. The fourth-order valence-corrected chi connectivity index (χ4v) is 3.47. The van der Waals surface area contributed by atoms with Gasteiger partial charge in [0.05, 0.1) is 5.92 Å². The quantitative estimate of drug-likeness (QED) is 0.601. The number of benzene rings is 2. The van der Waals surface area contributed by atoms with Crippen molar-refractivity contribution < 1.29 is 19.1 Å². The number of para-hydroxylation sites is 1. The number of amides is 1. The number of aryl methyl sites for hydroxylation is 2. The molecular formula is C22H23NO4. The van der Waals surface area contributed by atoms with Gasteiger partial charge in [-0.15, -0.1) is 0 Å². The maximum atomic E-state index is 12.5. The highest BCUT2D eigenvalue weighted by Crippen LogP contribution is 2.31. The van der Waals surface area contributed by atoms with Crippen LogP contribution in [0.2, 0.25) is 0 Å². The van der Waals surface area contributed by atoms with Crippen LogP contribution in [-0.4, -0.2) is 30.3 Å². The minimum Gasteiger partial charge on any atom is -0.454 e. The van der Waals surface area contributed by atoms with Crippen molar-refractivity contribution in [1.82, 2.24) is 0 Å². The van der Waals surface area contributed by atoms with E-state index in [1.54, 1.807) is 36.1 Å². The molecule has 140 valence electrons. The molecule has 1 saturated heterocycles. The molecule has 0 saturated carbocycles. The SMILES string of the molecule is Cc1cccc(C)c1N1C[C@@H](C(=O)O[C@@H](C)C(=O)c2ccccc2)CC1=O. The minimum absolute atomic E-state index is 0.0961. The van der Waals surface area contributed by atoms with E-state index in [2.05, 4.69) is 0 Å². The third-order valence-electron chi connectivity index (χ3n) is 4.89. The molecule has 2 atom stereocenters. The molecule has 5 heteroatoms. The number of Topliss-reactive ketones (excluding diaryl/α,β-unsaturated/α-hetero) is 1. The fourth-order valence-electron chi connectivity index (χ4n) is 3.47. The number of ketones is 1. The van der Waals surface area contributed by atoms with E-state index in [1.807, 2.05) is 38.1 Å². The molecule has 0 radical (unpaired) electrons. The normalized spacial score (nSPS) is 17.7. The third-order valence-corrected chi connectivity index (χ3v) is 4.89. The smallest absolute Gasteiger partial charge is 0.312 e. The zero-order valence-corrected chi connectivity index (χ0v) is 15.8. The average Bonchev–Trinajstić information content (AvgIpc) is 3.03. The Bertz CT molecular complexity index is 855. The lowest BCUT2D eigenvalue weighted by Gasteiger charge is -2.21. The number of esters is 1. The maximum absolute atomic E-state index is 12.5. The largest absolute Gasteiger partial charge is 0.454 e. The van der Waals surface area contributed by atoms with Gasteiger partial charge in [-0.2, -0.15) is 0 Å². The Kier molecular flexibility index (Phi) is 5.40. The van der Waals surface area contributed by atoms with Crippen molar-refractivity contribution >= 4 is 23.3 Å². The number of ether oxygens (including phenoxy) is 1. The van der Waals surface area contributed by atoms with Crippen LogP contribution >= 0.6 is 0 Å². The van der Waals surface area contributed by atoms with Gasteiger partial charge in [0.15, 0.2) is 6.10 Å². The van der Waals surface area contributed by atoms with Gasteiger partial charge < -0.3 is 9.64 Å². The summed E-state index contributed by atoms with van der Waals surface area (Å²) in [6.07, 6.45) is -0.789. The van der Waals surface area contributed by atoms with Crippen LogP contribution in [0, 0.1) is 19.8 Å². The summed E-state index contributed by atoms with van der Waals surface area (Å²) in [6.45, 7) is 5.73. The van der Waals surface area contributed by atoms with Gasteiger partial charge in [-0.05, 0) is 31.9 Å². The first kappa shape index (κ1) is 18.8. The van der Waals surface area contributed by atoms with Crippen LogP contribution in [0.15, 0.2) is 48.5 Å². The molecule has 0 aliphatic carbocycles. The van der Waals surface area contributed by atoms with Gasteiger partial charge in [-0.3, -0.25) is 14.4 Å². The number of nitrogens with zero attached hydrogens (tertiary/aromatic N) is 1. The third kappa shape index (κ3) is 3.92. The number of hydrogen-bond donors (Lipinski definition) is 0. The van der Waals surface area contributed by atoms with Crippen LogP contribution in [0.4, 0.5) is 5.69 Å². The predicted molar refractivity (Wildman–Crippen MR) is 103 cm³/mol. The molecule has 0 bridgehead atoms. The fraction of sp³-hybridized carbons (Fsp3) is 0.318. The molecule has 1 amide bonds. The van der Waals surface area contributed by atoms with Crippen LogP contribution in [0.25, 0.3) is 0 Å². The molecule has 1 heterocycles. The van der Waals surface area contributed by atoms with Crippen LogP contribution in [0.3, 0.4) is 0 Å². The Hall–Kier alpha value is -2.95. The van der Waals surface area contributed by atoms with Gasteiger partial charge in [0.2, 0.25) is 11.7 Å². The second-order valence-corrected chi connectivity index (χ2v) is 6.96. The Labute approximate surface area is 158 Å². The van der Waals surface area contributed by atoms with Crippen LogP contribution in [0.1, 0.15) is 34.8 Å².